The Balaban J connectivity index is 1.12. The molecular weight excluding hydrogens is 665 g/mol. The maximum absolute atomic E-state index is 5.23. The molecule has 0 aromatic heterocycles. The zero-order chi connectivity index (χ0) is 37.4. The lowest BCUT2D eigenvalue weighted by Crippen LogP contribution is -2.16. The summed E-state index contributed by atoms with van der Waals surface area (Å²) in [6.07, 6.45) is 0. The molecule has 0 amide bonds. The number of hydrogen-bond acceptors (Lipinski definition) is 2. The third-order valence-corrected chi connectivity index (χ3v) is 11.1. The van der Waals surface area contributed by atoms with E-state index in [4.69, 9.17) is 4.99 Å². The van der Waals surface area contributed by atoms with Gasteiger partial charge in [0.2, 0.25) is 0 Å². The fraction of sp³-hybridized carbons (Fsp3) is 0.0755. The minimum atomic E-state index is -0.107. The summed E-state index contributed by atoms with van der Waals surface area (Å²) in [7, 11) is 0. The summed E-state index contributed by atoms with van der Waals surface area (Å²) in [6, 6.07) is 71.9. The summed E-state index contributed by atoms with van der Waals surface area (Å²) < 4.78 is 0. The minimum Gasteiger partial charge on any atom is -0.310 e. The van der Waals surface area contributed by atoms with E-state index in [-0.39, 0.29) is 5.41 Å². The van der Waals surface area contributed by atoms with E-state index in [2.05, 4.69) is 226 Å². The van der Waals surface area contributed by atoms with E-state index < -0.39 is 0 Å². The molecule has 0 unspecified atom stereocenters. The molecule has 9 rings (SSSR count). The van der Waals surface area contributed by atoms with E-state index in [0.29, 0.717) is 0 Å². The molecule has 8 aromatic rings. The molecule has 1 aliphatic carbocycles. The van der Waals surface area contributed by atoms with Gasteiger partial charge < -0.3 is 4.90 Å². The van der Waals surface area contributed by atoms with Crippen LogP contribution < -0.4 is 4.90 Å². The zero-order valence-electron chi connectivity index (χ0n) is 31.4. The van der Waals surface area contributed by atoms with Crippen molar-refractivity contribution < 1.29 is 0 Å². The highest BCUT2D eigenvalue weighted by Gasteiger charge is 2.35. The van der Waals surface area contributed by atoms with E-state index >= 15 is 0 Å². The summed E-state index contributed by atoms with van der Waals surface area (Å²) in [4.78, 5) is 7.61. The Labute approximate surface area is 324 Å². The van der Waals surface area contributed by atoms with Crippen molar-refractivity contribution in [1.29, 1.82) is 0 Å². The van der Waals surface area contributed by atoms with E-state index in [9.17, 15) is 0 Å². The molecule has 8 aromatic carbocycles. The van der Waals surface area contributed by atoms with Gasteiger partial charge in [-0.1, -0.05) is 172 Å². The average molecular weight is 707 g/mol. The van der Waals surface area contributed by atoms with Crippen LogP contribution in [-0.2, 0) is 5.41 Å². The van der Waals surface area contributed by atoms with Crippen molar-refractivity contribution in [1.82, 2.24) is 0 Å². The summed E-state index contributed by atoms with van der Waals surface area (Å²) >= 11 is 0. The molecule has 0 radical (unpaired) electrons. The Kier molecular flexibility index (Phi) is 8.80. The maximum Gasteiger partial charge on any atom is 0.0781 e. The van der Waals surface area contributed by atoms with Gasteiger partial charge in [-0.3, -0.25) is 0 Å². The molecule has 0 N–H and O–H groups in total. The third kappa shape index (κ3) is 6.47. The first-order valence-corrected chi connectivity index (χ1v) is 19.0. The van der Waals surface area contributed by atoms with Crippen LogP contribution in [0.4, 0.5) is 22.7 Å². The molecule has 0 fully saturated rings. The summed E-state index contributed by atoms with van der Waals surface area (Å²) in [5, 5.41) is 0. The summed E-state index contributed by atoms with van der Waals surface area (Å²) in [5.41, 5.74) is 18.6. The van der Waals surface area contributed by atoms with Gasteiger partial charge >= 0.3 is 0 Å². The lowest BCUT2D eigenvalue weighted by molar-refractivity contribution is 0.660. The highest BCUT2D eigenvalue weighted by Crippen LogP contribution is 2.50. The first kappa shape index (κ1) is 34.0. The Hall–Kier alpha value is -6.77. The smallest absolute Gasteiger partial charge is 0.0781 e. The van der Waals surface area contributed by atoms with Crippen LogP contribution in [0.3, 0.4) is 0 Å². The summed E-state index contributed by atoms with van der Waals surface area (Å²) in [5.74, 6) is 0. The average Bonchev–Trinajstić information content (AvgIpc) is 3.47. The lowest BCUT2D eigenvalue weighted by atomic mass is 9.82. The molecule has 2 heteroatoms. The molecule has 55 heavy (non-hydrogen) atoms. The molecule has 0 bridgehead atoms. The second-order valence-corrected chi connectivity index (χ2v) is 14.9. The van der Waals surface area contributed by atoms with E-state index in [1.807, 2.05) is 0 Å². The molecule has 264 valence electrons. The van der Waals surface area contributed by atoms with Crippen LogP contribution >= 0.6 is 0 Å². The zero-order valence-corrected chi connectivity index (χ0v) is 31.4. The van der Waals surface area contributed by atoms with Crippen molar-refractivity contribution in [3.05, 3.63) is 228 Å². The van der Waals surface area contributed by atoms with Crippen LogP contribution in [0.5, 0.6) is 0 Å². The van der Waals surface area contributed by atoms with Gasteiger partial charge in [-0.05, 0) is 99.5 Å². The normalized spacial score (nSPS) is 12.9. The molecule has 0 saturated carbocycles. The van der Waals surface area contributed by atoms with Crippen LogP contribution in [-0.4, -0.2) is 5.71 Å². The van der Waals surface area contributed by atoms with Crippen LogP contribution in [0.15, 0.2) is 205 Å². The van der Waals surface area contributed by atoms with Crippen molar-refractivity contribution in [3.63, 3.8) is 0 Å². The number of anilines is 3. The lowest BCUT2D eigenvalue weighted by Gasteiger charge is -2.28. The number of para-hydroxylation sites is 1. The molecule has 0 atom stereocenters. The number of rotatable bonds is 8. The Bertz CT molecular complexity index is 2640. The monoisotopic (exact) mass is 706 g/mol. The standard InChI is InChI=1S/C53H42N2/c1-37-14-10-13-21-51(37)54-52(42-17-8-5-9-18-42)43-28-32-45(33-29-43)55(46-34-35-48-47-19-11-12-20-49(47)53(2,3)50(48)36-46)44-30-26-41(27-31-44)40-24-22-39(23-25-40)38-15-6-4-7-16-38/h4-36H,1-3H3. The largest absolute Gasteiger partial charge is 0.310 e. The SMILES string of the molecule is Cc1ccccc1N=C(c1ccccc1)c1ccc(N(c2ccc(-c3ccc(-c4ccccc4)cc3)cc2)c2ccc3c(c2)C(C)(C)c2ccccc2-3)cc1. The minimum absolute atomic E-state index is 0.107. The van der Waals surface area contributed by atoms with E-state index in [0.717, 1.165) is 45.2 Å². The van der Waals surface area contributed by atoms with Crippen LogP contribution in [0.25, 0.3) is 33.4 Å². The van der Waals surface area contributed by atoms with Gasteiger partial charge in [0.25, 0.3) is 0 Å². The van der Waals surface area contributed by atoms with Crippen molar-refractivity contribution in [2.24, 2.45) is 4.99 Å². The Morgan fingerprint density at radius 3 is 1.55 bits per heavy atom. The second kappa shape index (κ2) is 14.2. The molecule has 0 spiro atoms. The number of benzene rings is 8. The van der Waals surface area contributed by atoms with Crippen LogP contribution in [0, 0.1) is 6.92 Å². The topological polar surface area (TPSA) is 15.6 Å². The molecule has 0 heterocycles. The second-order valence-electron chi connectivity index (χ2n) is 14.9. The van der Waals surface area contributed by atoms with Gasteiger partial charge in [-0.25, -0.2) is 4.99 Å². The quantitative estimate of drug-likeness (QED) is 0.144. The first-order chi connectivity index (χ1) is 26.9. The molecular formula is C53H42N2. The van der Waals surface area contributed by atoms with E-state index in [1.165, 1.54) is 44.5 Å². The van der Waals surface area contributed by atoms with Crippen molar-refractivity contribution in [3.8, 4) is 33.4 Å². The summed E-state index contributed by atoms with van der Waals surface area (Å²) in [6.45, 7) is 6.80. The van der Waals surface area contributed by atoms with Gasteiger partial charge in [-0.15, -0.1) is 0 Å². The number of nitrogens with zero attached hydrogens (tertiary/aromatic N) is 2. The molecule has 2 nitrogen and oxygen atoms in total. The number of fused-ring (bicyclic) bond motifs is 3. The molecule has 0 saturated heterocycles. The fourth-order valence-corrected chi connectivity index (χ4v) is 8.04. The van der Waals surface area contributed by atoms with Gasteiger partial charge in [0.15, 0.2) is 0 Å². The highest BCUT2D eigenvalue weighted by atomic mass is 15.1. The van der Waals surface area contributed by atoms with Crippen molar-refractivity contribution in [2.45, 2.75) is 26.2 Å². The van der Waals surface area contributed by atoms with Crippen molar-refractivity contribution >= 4 is 28.5 Å². The van der Waals surface area contributed by atoms with Gasteiger partial charge in [0, 0.05) is 33.6 Å². The maximum atomic E-state index is 5.23. The molecule has 0 aliphatic heterocycles. The fourth-order valence-electron chi connectivity index (χ4n) is 8.04. The highest BCUT2D eigenvalue weighted by molar-refractivity contribution is 6.14. The van der Waals surface area contributed by atoms with Crippen LogP contribution in [0.2, 0.25) is 0 Å². The van der Waals surface area contributed by atoms with Gasteiger partial charge in [0.05, 0.1) is 11.4 Å². The van der Waals surface area contributed by atoms with Crippen LogP contribution in [0.1, 0.15) is 41.7 Å². The first-order valence-electron chi connectivity index (χ1n) is 19.0. The van der Waals surface area contributed by atoms with Crippen molar-refractivity contribution in [2.75, 3.05) is 4.90 Å². The predicted octanol–water partition coefficient (Wildman–Crippen LogP) is 14.3. The predicted molar refractivity (Wildman–Crippen MR) is 232 cm³/mol. The third-order valence-electron chi connectivity index (χ3n) is 11.1. The van der Waals surface area contributed by atoms with Gasteiger partial charge in [-0.2, -0.15) is 0 Å². The molecule has 1 aliphatic rings. The Morgan fingerprint density at radius 2 is 0.891 bits per heavy atom. The number of hydrogen-bond donors (Lipinski definition) is 0. The Morgan fingerprint density at radius 1 is 0.418 bits per heavy atom. The number of aryl methyl sites for hydroxylation is 1. The van der Waals surface area contributed by atoms with Gasteiger partial charge in [0.1, 0.15) is 0 Å². The number of aliphatic imine (C=N–C) groups is 1. The van der Waals surface area contributed by atoms with E-state index in [1.54, 1.807) is 0 Å².